The monoisotopic (exact) mass is 430 g/mol. The summed E-state index contributed by atoms with van der Waals surface area (Å²) in [6, 6.07) is 7.34. The maximum atomic E-state index is 12.7. The van der Waals surface area contributed by atoms with Crippen molar-refractivity contribution in [2.75, 3.05) is 20.2 Å². The average molecular weight is 430 g/mol. The predicted octanol–water partition coefficient (Wildman–Crippen LogP) is 2.24. The Morgan fingerprint density at radius 2 is 1.90 bits per heavy atom. The Labute approximate surface area is 174 Å². The number of ether oxygens (including phenoxy) is 1. The number of pyridine rings is 1. The Bertz CT molecular complexity index is 1150. The number of rotatable bonds is 8. The van der Waals surface area contributed by atoms with Crippen LogP contribution in [0.4, 0.5) is 0 Å². The van der Waals surface area contributed by atoms with E-state index in [1.807, 2.05) is 0 Å². The zero-order chi connectivity index (χ0) is 21.9. The van der Waals surface area contributed by atoms with Gasteiger partial charge in [-0.1, -0.05) is 13.8 Å². The zero-order valence-corrected chi connectivity index (χ0v) is 17.6. The number of carbonyl (C=O) groups excluding carboxylic acids is 1. The van der Waals surface area contributed by atoms with Gasteiger partial charge in [-0.3, -0.25) is 4.79 Å². The molecule has 0 unspecified atom stereocenters. The smallest absolute Gasteiger partial charge is 0.244 e. The lowest BCUT2D eigenvalue weighted by Crippen LogP contribution is -2.30. The van der Waals surface area contributed by atoms with Gasteiger partial charge in [-0.05, 0) is 30.3 Å². The Morgan fingerprint density at radius 1 is 1.17 bits per heavy atom. The number of aromatic hydroxyl groups is 1. The van der Waals surface area contributed by atoms with Crippen LogP contribution in [-0.4, -0.2) is 58.6 Å². The third-order valence-electron chi connectivity index (χ3n) is 4.59. The fourth-order valence-corrected chi connectivity index (χ4v) is 4.32. The second-order valence-electron chi connectivity index (χ2n) is 6.33. The van der Waals surface area contributed by atoms with Gasteiger partial charge in [-0.25, -0.2) is 18.1 Å². The Morgan fingerprint density at radius 3 is 2.50 bits per heavy atom. The van der Waals surface area contributed by atoms with Gasteiger partial charge in [0.1, 0.15) is 16.4 Å². The number of nitrogens with zero attached hydrogens (tertiary/aromatic N) is 4. The minimum Gasteiger partial charge on any atom is -0.507 e. The zero-order valence-electron chi connectivity index (χ0n) is 16.8. The lowest BCUT2D eigenvalue weighted by atomic mass is 10.1. The standard InChI is InChI=1S/C20H22N4O5S/c1-4-23(5-2)30(27,28)16-7-9-19(21-12-16)24-13-14(11-22-24)20(26)17-10-15(29-3)6-8-18(17)25/h6-13,25H,4-5H2,1-3H3. The molecule has 0 spiro atoms. The molecule has 2 aromatic heterocycles. The topological polar surface area (TPSA) is 115 Å². The van der Waals surface area contributed by atoms with Gasteiger partial charge in [0.25, 0.3) is 0 Å². The van der Waals surface area contributed by atoms with Crippen molar-refractivity contribution in [3.05, 3.63) is 60.0 Å². The molecule has 0 fully saturated rings. The normalized spacial score (nSPS) is 11.6. The minimum absolute atomic E-state index is 0.0831. The first-order valence-corrected chi connectivity index (χ1v) is 10.7. The van der Waals surface area contributed by atoms with Gasteiger partial charge >= 0.3 is 0 Å². The summed E-state index contributed by atoms with van der Waals surface area (Å²) in [7, 11) is -2.14. The molecule has 9 nitrogen and oxygen atoms in total. The first kappa shape index (κ1) is 21.5. The number of carbonyl (C=O) groups is 1. The third kappa shape index (κ3) is 4.05. The molecular formula is C20H22N4O5S. The lowest BCUT2D eigenvalue weighted by Gasteiger charge is -2.18. The molecule has 1 aromatic carbocycles. The molecule has 1 N–H and O–H groups in total. The number of methoxy groups -OCH3 is 1. The highest BCUT2D eigenvalue weighted by Gasteiger charge is 2.22. The van der Waals surface area contributed by atoms with Crippen molar-refractivity contribution in [2.45, 2.75) is 18.7 Å². The molecule has 0 radical (unpaired) electrons. The summed E-state index contributed by atoms with van der Waals surface area (Å²) < 4.78 is 32.9. The second-order valence-corrected chi connectivity index (χ2v) is 8.27. The van der Waals surface area contributed by atoms with Crippen LogP contribution in [0.1, 0.15) is 29.8 Å². The van der Waals surface area contributed by atoms with Crippen LogP contribution in [0, 0.1) is 0 Å². The number of ketones is 1. The first-order valence-electron chi connectivity index (χ1n) is 9.24. The van der Waals surface area contributed by atoms with Gasteiger partial charge in [0, 0.05) is 25.5 Å². The number of hydrogen-bond donors (Lipinski definition) is 1. The number of benzene rings is 1. The molecule has 10 heteroatoms. The maximum absolute atomic E-state index is 12.7. The molecule has 0 saturated heterocycles. The van der Waals surface area contributed by atoms with Crippen molar-refractivity contribution in [2.24, 2.45) is 0 Å². The van der Waals surface area contributed by atoms with Crippen LogP contribution in [-0.2, 0) is 10.0 Å². The average Bonchev–Trinajstić information content (AvgIpc) is 3.25. The second kappa shape index (κ2) is 8.64. The quantitative estimate of drug-likeness (QED) is 0.545. The van der Waals surface area contributed by atoms with Crippen molar-refractivity contribution in [1.82, 2.24) is 19.1 Å². The maximum Gasteiger partial charge on any atom is 0.244 e. The molecule has 0 aliphatic heterocycles. The van der Waals surface area contributed by atoms with Crippen LogP contribution in [0.25, 0.3) is 5.82 Å². The van der Waals surface area contributed by atoms with E-state index in [2.05, 4.69) is 10.1 Å². The fourth-order valence-electron chi connectivity index (χ4n) is 2.92. The van der Waals surface area contributed by atoms with Crippen LogP contribution in [0.3, 0.4) is 0 Å². The Balaban J connectivity index is 1.87. The van der Waals surface area contributed by atoms with Crippen LogP contribution in [0.2, 0.25) is 0 Å². The summed E-state index contributed by atoms with van der Waals surface area (Å²) in [6.45, 7) is 4.27. The van der Waals surface area contributed by atoms with E-state index in [-0.39, 0.29) is 21.8 Å². The third-order valence-corrected chi connectivity index (χ3v) is 6.63. The molecule has 0 aliphatic rings. The first-order chi connectivity index (χ1) is 14.3. The van der Waals surface area contributed by atoms with E-state index in [0.717, 1.165) is 0 Å². The molecule has 2 heterocycles. The van der Waals surface area contributed by atoms with Gasteiger partial charge in [-0.15, -0.1) is 0 Å². The summed E-state index contributed by atoms with van der Waals surface area (Å²) in [4.78, 5) is 17.0. The van der Waals surface area contributed by atoms with Crippen molar-refractivity contribution in [1.29, 1.82) is 0 Å². The summed E-state index contributed by atoms with van der Waals surface area (Å²) in [6.07, 6.45) is 4.08. The molecular weight excluding hydrogens is 408 g/mol. The SMILES string of the molecule is CCN(CC)S(=O)(=O)c1ccc(-n2cc(C(=O)c3cc(OC)ccc3O)cn2)nc1. The number of aromatic nitrogens is 3. The molecule has 30 heavy (non-hydrogen) atoms. The summed E-state index contributed by atoms with van der Waals surface area (Å²) in [5.74, 6) is 0.189. The van der Waals surface area contributed by atoms with E-state index in [1.165, 1.54) is 59.0 Å². The molecule has 0 amide bonds. The van der Waals surface area contributed by atoms with Crippen molar-refractivity contribution < 1.29 is 23.1 Å². The minimum atomic E-state index is -3.61. The van der Waals surface area contributed by atoms with E-state index < -0.39 is 15.8 Å². The van der Waals surface area contributed by atoms with Gasteiger partial charge in [0.05, 0.1) is 24.4 Å². The molecule has 158 valence electrons. The lowest BCUT2D eigenvalue weighted by molar-refractivity contribution is 0.103. The van der Waals surface area contributed by atoms with Crippen LogP contribution >= 0.6 is 0 Å². The van der Waals surface area contributed by atoms with Crippen LogP contribution < -0.4 is 4.74 Å². The van der Waals surface area contributed by atoms with Crippen molar-refractivity contribution in [3.63, 3.8) is 0 Å². The number of phenolic OH excluding ortho intramolecular Hbond substituents is 1. The highest BCUT2D eigenvalue weighted by atomic mass is 32.2. The number of phenols is 1. The number of hydrogen-bond acceptors (Lipinski definition) is 7. The van der Waals surface area contributed by atoms with Gasteiger partial charge in [0.15, 0.2) is 11.6 Å². The molecule has 0 saturated carbocycles. The van der Waals surface area contributed by atoms with Gasteiger partial charge in [0.2, 0.25) is 10.0 Å². The molecule has 0 bridgehead atoms. The van der Waals surface area contributed by atoms with Gasteiger partial charge < -0.3 is 9.84 Å². The summed E-state index contributed by atoms with van der Waals surface area (Å²) in [5, 5.41) is 14.1. The largest absolute Gasteiger partial charge is 0.507 e. The highest BCUT2D eigenvalue weighted by molar-refractivity contribution is 7.89. The van der Waals surface area contributed by atoms with E-state index in [0.29, 0.717) is 24.7 Å². The van der Waals surface area contributed by atoms with Gasteiger partial charge in [-0.2, -0.15) is 9.40 Å². The molecule has 3 aromatic rings. The van der Waals surface area contributed by atoms with E-state index >= 15 is 0 Å². The highest BCUT2D eigenvalue weighted by Crippen LogP contribution is 2.25. The van der Waals surface area contributed by atoms with E-state index in [9.17, 15) is 18.3 Å². The van der Waals surface area contributed by atoms with E-state index in [1.54, 1.807) is 19.9 Å². The van der Waals surface area contributed by atoms with E-state index in [4.69, 9.17) is 4.74 Å². The summed E-state index contributed by atoms with van der Waals surface area (Å²) in [5.41, 5.74) is 0.322. The predicted molar refractivity (Wildman–Crippen MR) is 110 cm³/mol. The molecule has 3 rings (SSSR count). The molecule has 0 aliphatic carbocycles. The molecule has 0 atom stereocenters. The fraction of sp³-hybridized carbons (Fsp3) is 0.250. The van der Waals surface area contributed by atoms with Crippen molar-refractivity contribution >= 4 is 15.8 Å². The van der Waals surface area contributed by atoms with Crippen LogP contribution in [0.15, 0.2) is 53.8 Å². The summed E-state index contributed by atoms with van der Waals surface area (Å²) >= 11 is 0. The van der Waals surface area contributed by atoms with Crippen molar-refractivity contribution in [3.8, 4) is 17.3 Å². The number of sulfonamides is 1. The van der Waals surface area contributed by atoms with Crippen LogP contribution in [0.5, 0.6) is 11.5 Å². The Hall–Kier alpha value is -3.24. The Kier molecular flexibility index (Phi) is 6.18.